The van der Waals surface area contributed by atoms with Crippen LogP contribution in [-0.2, 0) is 6.56 Å². The monoisotopic (exact) mass is 229 g/mol. The van der Waals surface area contributed by atoms with Gasteiger partial charge in [-0.1, -0.05) is 23.7 Å². The molecule has 0 aliphatic carbocycles. The second kappa shape index (κ2) is 3.64. The number of fused-ring (bicyclic) bond motifs is 1. The van der Waals surface area contributed by atoms with Crippen LogP contribution in [0.2, 0.25) is 5.02 Å². The summed E-state index contributed by atoms with van der Waals surface area (Å²) in [5, 5.41) is 9.36. The van der Waals surface area contributed by atoms with Crippen molar-refractivity contribution in [2.75, 3.05) is 0 Å². The van der Waals surface area contributed by atoms with Crippen molar-refractivity contribution in [1.29, 1.82) is 0 Å². The van der Waals surface area contributed by atoms with Crippen LogP contribution in [0.4, 0.5) is 4.39 Å². The van der Waals surface area contributed by atoms with E-state index in [1.807, 2.05) is 0 Å². The van der Waals surface area contributed by atoms with Crippen LogP contribution in [0.3, 0.4) is 0 Å². The Morgan fingerprint density at radius 2 is 2.33 bits per heavy atom. The largest absolute Gasteiger partial charge is 0.392 e. The number of hydrogen-bond acceptors (Lipinski definition) is 2. The topological polar surface area (TPSA) is 53.1 Å². The molecule has 0 saturated carbocycles. The fourth-order valence-electron chi connectivity index (χ4n) is 1.30. The van der Waals surface area contributed by atoms with Crippen molar-refractivity contribution in [3.05, 3.63) is 45.0 Å². The highest BCUT2D eigenvalue weighted by Gasteiger charge is 2.08. The van der Waals surface area contributed by atoms with E-state index in [0.29, 0.717) is 5.39 Å². The summed E-state index contributed by atoms with van der Waals surface area (Å²) in [6, 6.07) is 3.74. The van der Waals surface area contributed by atoms with Crippen LogP contribution >= 0.6 is 11.6 Å². The highest BCUT2D eigenvalue weighted by molar-refractivity contribution is 6.31. The van der Waals surface area contributed by atoms with Crippen LogP contribution in [0.25, 0.3) is 10.9 Å². The van der Waals surface area contributed by atoms with Gasteiger partial charge in [-0.25, -0.2) is 4.39 Å². The molecule has 0 atom stereocenters. The zero-order chi connectivity index (χ0) is 12.8. The van der Waals surface area contributed by atoms with Crippen LogP contribution in [0.5, 0.6) is 0 Å². The van der Waals surface area contributed by atoms with Gasteiger partial charge >= 0.3 is 0 Å². The number of H-pyrrole nitrogens is 1. The summed E-state index contributed by atoms with van der Waals surface area (Å²) in [6.07, 6.45) is 0. The molecule has 0 bridgehead atoms. The van der Waals surface area contributed by atoms with Gasteiger partial charge in [0.2, 0.25) is 0 Å². The Morgan fingerprint density at radius 1 is 1.60 bits per heavy atom. The molecule has 0 aliphatic rings. The Labute approximate surface area is 91.9 Å². The second-order valence-electron chi connectivity index (χ2n) is 2.95. The summed E-state index contributed by atoms with van der Waals surface area (Å²) in [7, 11) is 0. The first-order chi connectivity index (χ1) is 7.80. The molecule has 2 N–H and O–H groups in total. The third kappa shape index (κ3) is 1.62. The number of benzene rings is 1. The van der Waals surface area contributed by atoms with E-state index in [-0.39, 0.29) is 10.5 Å². The number of aromatic nitrogens is 1. The number of aromatic amines is 1. The molecule has 0 fully saturated rings. The first-order valence-corrected chi connectivity index (χ1v) is 4.42. The SMILES string of the molecule is [2H]C([2H])(O)c1ccc2cc(Cl)c(=O)[nH]c2c1F. The minimum Gasteiger partial charge on any atom is -0.392 e. The molecule has 0 radical (unpaired) electrons. The third-order valence-corrected chi connectivity index (χ3v) is 2.31. The average Bonchev–Trinajstić information content (AvgIpc) is 2.19. The van der Waals surface area contributed by atoms with Gasteiger partial charge in [0.05, 0.1) is 14.8 Å². The van der Waals surface area contributed by atoms with Crippen molar-refractivity contribution in [3.8, 4) is 0 Å². The lowest BCUT2D eigenvalue weighted by molar-refractivity contribution is 0.276. The predicted octanol–water partition coefficient (Wildman–Crippen LogP) is 1.81. The van der Waals surface area contributed by atoms with E-state index < -0.39 is 23.5 Å². The van der Waals surface area contributed by atoms with Crippen LogP contribution in [0, 0.1) is 5.82 Å². The van der Waals surface area contributed by atoms with Crippen LogP contribution in [0.1, 0.15) is 8.30 Å². The van der Waals surface area contributed by atoms with Gasteiger partial charge in [-0.15, -0.1) is 0 Å². The maximum absolute atomic E-state index is 13.9. The minimum atomic E-state index is -2.81. The van der Waals surface area contributed by atoms with E-state index in [0.717, 1.165) is 6.07 Å². The summed E-state index contributed by atoms with van der Waals surface area (Å²) < 4.78 is 28.0. The van der Waals surface area contributed by atoms with Crippen molar-refractivity contribution in [2.45, 2.75) is 6.56 Å². The fraction of sp³-hybridized carbons (Fsp3) is 0.100. The van der Waals surface area contributed by atoms with Gasteiger partial charge in [0.25, 0.3) is 5.56 Å². The molecule has 0 aliphatic heterocycles. The normalized spacial score (nSPS) is 13.8. The molecule has 2 aromatic rings. The lowest BCUT2D eigenvalue weighted by Crippen LogP contribution is -2.07. The van der Waals surface area contributed by atoms with E-state index in [1.54, 1.807) is 0 Å². The van der Waals surface area contributed by atoms with E-state index in [2.05, 4.69) is 4.98 Å². The summed E-state index contributed by atoms with van der Waals surface area (Å²) in [6.45, 7) is -2.81. The molecule has 1 aromatic heterocycles. The maximum atomic E-state index is 13.9. The predicted molar refractivity (Wildman–Crippen MR) is 55.5 cm³/mol. The van der Waals surface area contributed by atoms with Crippen molar-refractivity contribution in [1.82, 2.24) is 4.98 Å². The summed E-state index contributed by atoms with van der Waals surface area (Å²) in [5.41, 5.74) is -1.40. The van der Waals surface area contributed by atoms with Crippen molar-refractivity contribution in [3.63, 3.8) is 0 Å². The molecule has 0 amide bonds. The molecule has 5 heteroatoms. The van der Waals surface area contributed by atoms with Crippen LogP contribution in [-0.4, -0.2) is 10.1 Å². The van der Waals surface area contributed by atoms with Gasteiger partial charge in [0.1, 0.15) is 5.02 Å². The minimum absolute atomic E-state index is 0.0864. The zero-order valence-electron chi connectivity index (χ0n) is 9.34. The molecule has 1 aromatic carbocycles. The Hall–Kier alpha value is -1.39. The number of rotatable bonds is 1. The Kier molecular flexibility index (Phi) is 1.90. The van der Waals surface area contributed by atoms with E-state index in [4.69, 9.17) is 19.4 Å². The highest BCUT2D eigenvalue weighted by Crippen LogP contribution is 2.19. The number of pyridine rings is 1. The fourth-order valence-corrected chi connectivity index (χ4v) is 1.46. The first-order valence-electron chi connectivity index (χ1n) is 5.04. The van der Waals surface area contributed by atoms with Gasteiger partial charge < -0.3 is 10.1 Å². The summed E-state index contributed by atoms with van der Waals surface area (Å²) in [4.78, 5) is 13.4. The molecular weight excluding hydrogens is 221 g/mol. The van der Waals surface area contributed by atoms with Crippen molar-refractivity contribution >= 4 is 22.5 Å². The van der Waals surface area contributed by atoms with Crippen LogP contribution in [0.15, 0.2) is 23.0 Å². The zero-order valence-corrected chi connectivity index (χ0v) is 8.10. The number of aliphatic hydroxyl groups is 1. The van der Waals surface area contributed by atoms with Gasteiger partial charge in [-0.2, -0.15) is 0 Å². The van der Waals surface area contributed by atoms with Gasteiger partial charge in [0.15, 0.2) is 5.82 Å². The molecule has 0 unspecified atom stereocenters. The second-order valence-corrected chi connectivity index (χ2v) is 3.36. The summed E-state index contributed by atoms with van der Waals surface area (Å²) in [5.74, 6) is -1.01. The van der Waals surface area contributed by atoms with E-state index in [1.165, 1.54) is 12.1 Å². The van der Waals surface area contributed by atoms with Crippen molar-refractivity contribution < 1.29 is 12.2 Å². The number of hydrogen-bond donors (Lipinski definition) is 2. The lowest BCUT2D eigenvalue weighted by atomic mass is 10.1. The standard InChI is InChI=1S/C10H7ClFNO2/c11-7-3-5-1-2-6(4-14)8(12)9(5)13-10(7)15/h1-3,14H,4H2,(H,13,15)/i4D2. The molecule has 0 saturated heterocycles. The van der Waals surface area contributed by atoms with Gasteiger partial charge in [0, 0.05) is 10.9 Å². The molecule has 1 heterocycles. The quantitative estimate of drug-likeness (QED) is 0.784. The molecule has 2 rings (SSSR count). The number of halogens is 2. The van der Waals surface area contributed by atoms with E-state index in [9.17, 15) is 9.18 Å². The molecule has 78 valence electrons. The third-order valence-electron chi connectivity index (χ3n) is 2.03. The van der Waals surface area contributed by atoms with Gasteiger partial charge in [-0.3, -0.25) is 4.79 Å². The van der Waals surface area contributed by atoms with Gasteiger partial charge in [-0.05, 0) is 6.07 Å². The van der Waals surface area contributed by atoms with E-state index >= 15 is 0 Å². The Balaban J connectivity index is 2.85. The molecular formula is C10H7ClFNO2. The highest BCUT2D eigenvalue weighted by atomic mass is 35.5. The van der Waals surface area contributed by atoms with Crippen molar-refractivity contribution in [2.24, 2.45) is 0 Å². The maximum Gasteiger partial charge on any atom is 0.267 e. The first kappa shape index (κ1) is 7.84. The molecule has 15 heavy (non-hydrogen) atoms. The average molecular weight is 230 g/mol. The summed E-state index contributed by atoms with van der Waals surface area (Å²) >= 11 is 5.58. The lowest BCUT2D eigenvalue weighted by Gasteiger charge is -2.03. The molecule has 3 nitrogen and oxygen atoms in total. The number of nitrogens with one attached hydrogen (secondary N) is 1. The van der Waals surface area contributed by atoms with Crippen LogP contribution < -0.4 is 5.56 Å². The molecule has 0 spiro atoms. The Bertz CT molecular complexity index is 651. The Morgan fingerprint density at radius 3 is 3.00 bits per heavy atom. The smallest absolute Gasteiger partial charge is 0.267 e.